The molecule has 0 amide bonds. The zero-order chi connectivity index (χ0) is 12.8. The van der Waals surface area contributed by atoms with Gasteiger partial charge in [-0.25, -0.2) is 0 Å². The van der Waals surface area contributed by atoms with Crippen molar-refractivity contribution in [3.05, 3.63) is 23.8 Å². The highest BCUT2D eigenvalue weighted by molar-refractivity contribution is 8.00. The Bertz CT molecular complexity index is 378. The van der Waals surface area contributed by atoms with Crippen molar-refractivity contribution in [1.29, 1.82) is 0 Å². The molecule has 3 nitrogen and oxygen atoms in total. The highest BCUT2D eigenvalue weighted by Gasteiger charge is 2.14. The minimum atomic E-state index is 0.215. The zero-order valence-electron chi connectivity index (χ0n) is 10.8. The van der Waals surface area contributed by atoms with Gasteiger partial charge in [-0.3, -0.25) is 0 Å². The Hall–Kier alpha value is -0.870. The van der Waals surface area contributed by atoms with E-state index in [-0.39, 0.29) is 5.75 Å². The minimum absolute atomic E-state index is 0.215. The molecule has 1 fully saturated rings. The second-order valence-corrected chi connectivity index (χ2v) is 5.91. The van der Waals surface area contributed by atoms with Crippen LogP contribution in [0.25, 0.3) is 0 Å². The fraction of sp³-hybridized carbons (Fsp3) is 0.571. The van der Waals surface area contributed by atoms with Gasteiger partial charge in [0.05, 0.1) is 6.61 Å². The predicted molar refractivity (Wildman–Crippen MR) is 76.5 cm³/mol. The fourth-order valence-electron chi connectivity index (χ4n) is 2.12. The van der Waals surface area contributed by atoms with Crippen molar-refractivity contribution in [2.24, 2.45) is 0 Å². The molecular formula is C14H21NO2S. The van der Waals surface area contributed by atoms with Crippen LogP contribution < -0.4 is 10.1 Å². The smallest absolute Gasteiger partial charge is 0.161 e. The van der Waals surface area contributed by atoms with Gasteiger partial charge in [0.25, 0.3) is 0 Å². The van der Waals surface area contributed by atoms with E-state index >= 15 is 0 Å². The number of benzene rings is 1. The van der Waals surface area contributed by atoms with Crippen LogP contribution in [0.15, 0.2) is 18.2 Å². The molecule has 1 aliphatic rings. The van der Waals surface area contributed by atoms with E-state index < -0.39 is 0 Å². The average molecular weight is 267 g/mol. The first-order valence-corrected chi connectivity index (χ1v) is 7.61. The lowest BCUT2D eigenvalue weighted by molar-refractivity contribution is 0.317. The van der Waals surface area contributed by atoms with Crippen LogP contribution in [0.3, 0.4) is 0 Å². The molecule has 1 aliphatic heterocycles. The Morgan fingerprint density at radius 1 is 1.50 bits per heavy atom. The van der Waals surface area contributed by atoms with Crippen LogP contribution in [0.2, 0.25) is 0 Å². The first-order chi connectivity index (χ1) is 8.79. The maximum Gasteiger partial charge on any atom is 0.161 e. The molecule has 1 atom stereocenters. The number of nitrogens with one attached hydrogen (secondary N) is 1. The van der Waals surface area contributed by atoms with Crippen LogP contribution in [0.5, 0.6) is 11.5 Å². The molecule has 0 aliphatic carbocycles. The minimum Gasteiger partial charge on any atom is -0.504 e. The van der Waals surface area contributed by atoms with Gasteiger partial charge in [0.2, 0.25) is 0 Å². The van der Waals surface area contributed by atoms with E-state index in [1.807, 2.05) is 19.1 Å². The SMILES string of the molecule is CCOc1cc(CNCC2CCCS2)ccc1O. The summed E-state index contributed by atoms with van der Waals surface area (Å²) in [6, 6.07) is 5.55. The zero-order valence-corrected chi connectivity index (χ0v) is 11.6. The standard InChI is InChI=1S/C14H21NO2S/c1-2-17-14-8-11(5-6-13(14)16)9-15-10-12-4-3-7-18-12/h5-6,8,12,15-16H,2-4,7,9-10H2,1H3. The first-order valence-electron chi connectivity index (χ1n) is 6.56. The third-order valence-corrected chi connectivity index (χ3v) is 4.45. The number of hydrogen-bond donors (Lipinski definition) is 2. The van der Waals surface area contributed by atoms with Crippen molar-refractivity contribution in [3.63, 3.8) is 0 Å². The third-order valence-electron chi connectivity index (χ3n) is 3.05. The van der Waals surface area contributed by atoms with Gasteiger partial charge in [0.1, 0.15) is 0 Å². The summed E-state index contributed by atoms with van der Waals surface area (Å²) >= 11 is 2.06. The van der Waals surface area contributed by atoms with Gasteiger partial charge >= 0.3 is 0 Å². The Kier molecular flexibility index (Phi) is 5.20. The van der Waals surface area contributed by atoms with Crippen LogP contribution in [0.1, 0.15) is 25.3 Å². The summed E-state index contributed by atoms with van der Waals surface area (Å²) in [4.78, 5) is 0. The van der Waals surface area contributed by atoms with Crippen molar-refractivity contribution in [2.75, 3.05) is 18.9 Å². The summed E-state index contributed by atoms with van der Waals surface area (Å²) in [6.07, 6.45) is 2.68. The molecule has 0 spiro atoms. The average Bonchev–Trinajstić information content (AvgIpc) is 2.87. The lowest BCUT2D eigenvalue weighted by Crippen LogP contribution is -2.22. The second kappa shape index (κ2) is 6.90. The number of hydrogen-bond acceptors (Lipinski definition) is 4. The van der Waals surface area contributed by atoms with Crippen molar-refractivity contribution in [3.8, 4) is 11.5 Å². The summed E-state index contributed by atoms with van der Waals surface area (Å²) < 4.78 is 5.38. The van der Waals surface area contributed by atoms with Crippen molar-refractivity contribution in [1.82, 2.24) is 5.32 Å². The first kappa shape index (κ1) is 13.6. The third kappa shape index (κ3) is 3.82. The van der Waals surface area contributed by atoms with Gasteiger partial charge in [-0.15, -0.1) is 0 Å². The number of rotatable bonds is 6. The van der Waals surface area contributed by atoms with Crippen molar-refractivity contribution < 1.29 is 9.84 Å². The summed E-state index contributed by atoms with van der Waals surface area (Å²) in [5, 5.41) is 13.9. The maximum absolute atomic E-state index is 9.62. The van der Waals surface area contributed by atoms with E-state index in [0.29, 0.717) is 12.4 Å². The highest BCUT2D eigenvalue weighted by atomic mass is 32.2. The van der Waals surface area contributed by atoms with E-state index in [9.17, 15) is 5.11 Å². The van der Waals surface area contributed by atoms with Crippen LogP contribution in [0, 0.1) is 0 Å². The van der Waals surface area contributed by atoms with Crippen molar-refractivity contribution in [2.45, 2.75) is 31.6 Å². The Morgan fingerprint density at radius 2 is 2.39 bits per heavy atom. The van der Waals surface area contributed by atoms with Crippen LogP contribution in [0.4, 0.5) is 0 Å². The topological polar surface area (TPSA) is 41.5 Å². The van der Waals surface area contributed by atoms with E-state index in [0.717, 1.165) is 23.9 Å². The Morgan fingerprint density at radius 3 is 3.11 bits per heavy atom. The van der Waals surface area contributed by atoms with E-state index in [4.69, 9.17) is 4.74 Å². The molecule has 2 rings (SSSR count). The molecule has 0 saturated carbocycles. The van der Waals surface area contributed by atoms with Gasteiger partial charge in [0, 0.05) is 18.3 Å². The van der Waals surface area contributed by atoms with Crippen LogP contribution in [-0.4, -0.2) is 29.3 Å². The van der Waals surface area contributed by atoms with E-state index in [2.05, 4.69) is 17.1 Å². The lowest BCUT2D eigenvalue weighted by Gasteiger charge is -2.11. The molecule has 1 saturated heterocycles. The van der Waals surface area contributed by atoms with E-state index in [1.54, 1.807) is 6.07 Å². The molecular weight excluding hydrogens is 246 g/mol. The number of thioether (sulfide) groups is 1. The summed E-state index contributed by atoms with van der Waals surface area (Å²) in [7, 11) is 0. The Balaban J connectivity index is 1.82. The lowest BCUT2D eigenvalue weighted by atomic mass is 10.2. The molecule has 18 heavy (non-hydrogen) atoms. The number of phenols is 1. The number of aromatic hydroxyl groups is 1. The number of phenolic OH excluding ortho intramolecular Hbond substituents is 1. The number of ether oxygens (including phenoxy) is 1. The quantitative estimate of drug-likeness (QED) is 0.831. The summed E-state index contributed by atoms with van der Waals surface area (Å²) in [5.41, 5.74) is 1.15. The Labute approximate surface area is 113 Å². The molecule has 0 aromatic heterocycles. The molecule has 0 radical (unpaired) electrons. The maximum atomic E-state index is 9.62. The van der Waals surface area contributed by atoms with Gasteiger partial charge in [-0.05, 0) is 43.2 Å². The molecule has 1 aromatic carbocycles. The van der Waals surface area contributed by atoms with Crippen molar-refractivity contribution >= 4 is 11.8 Å². The van der Waals surface area contributed by atoms with Gasteiger partial charge in [0.15, 0.2) is 11.5 Å². The molecule has 0 bridgehead atoms. The fourth-order valence-corrected chi connectivity index (χ4v) is 3.36. The van der Waals surface area contributed by atoms with Gasteiger partial charge in [-0.1, -0.05) is 6.07 Å². The highest BCUT2D eigenvalue weighted by Crippen LogP contribution is 2.27. The monoisotopic (exact) mass is 267 g/mol. The molecule has 1 heterocycles. The molecule has 1 aromatic rings. The van der Waals surface area contributed by atoms with Crippen LogP contribution in [-0.2, 0) is 6.54 Å². The van der Waals surface area contributed by atoms with E-state index in [1.165, 1.54) is 18.6 Å². The molecule has 100 valence electrons. The largest absolute Gasteiger partial charge is 0.504 e. The summed E-state index contributed by atoms with van der Waals surface area (Å²) in [5.74, 6) is 2.10. The summed E-state index contributed by atoms with van der Waals surface area (Å²) in [6.45, 7) is 4.39. The predicted octanol–water partition coefficient (Wildman–Crippen LogP) is 2.78. The molecule has 4 heteroatoms. The van der Waals surface area contributed by atoms with Gasteiger partial charge in [-0.2, -0.15) is 11.8 Å². The van der Waals surface area contributed by atoms with Gasteiger partial charge < -0.3 is 15.2 Å². The second-order valence-electron chi connectivity index (χ2n) is 4.50. The van der Waals surface area contributed by atoms with Crippen LogP contribution >= 0.6 is 11.8 Å². The normalized spacial score (nSPS) is 19.1. The molecule has 1 unspecified atom stereocenters. The molecule has 2 N–H and O–H groups in total.